The van der Waals surface area contributed by atoms with Crippen molar-refractivity contribution in [2.24, 2.45) is 0 Å². The monoisotopic (exact) mass is 177 g/mol. The average Bonchev–Trinajstić information content (AvgIpc) is 0.811. The van der Waals surface area contributed by atoms with Crippen molar-refractivity contribution in [2.45, 2.75) is 0 Å². The number of rotatable bonds is 0. The fraction of sp³-hybridized carbons (Fsp3) is 0. The van der Waals surface area contributed by atoms with Crippen molar-refractivity contribution in [3.05, 3.63) is 0 Å². The molecule has 0 bridgehead atoms. The second kappa shape index (κ2) is 9.19. The molecule has 6 heavy (non-hydrogen) atoms. The molecule has 0 amide bonds. The molecule has 0 aliphatic rings. The Morgan fingerprint density at radius 1 is 1.33 bits per heavy atom. The quantitative estimate of drug-likeness (QED) is 0.376. The van der Waals surface area contributed by atoms with Gasteiger partial charge in [-0.3, -0.25) is 0 Å². The predicted octanol–water partition coefficient (Wildman–Crippen LogP) is -2.83. The van der Waals surface area contributed by atoms with Gasteiger partial charge in [0.2, 0.25) is 0 Å². The molecule has 0 spiro atoms. The molecule has 0 aromatic heterocycles. The van der Waals surface area contributed by atoms with E-state index in [2.05, 4.69) is 0 Å². The predicted molar refractivity (Wildman–Crippen MR) is 11.1 cm³/mol. The molecule has 3 nitrogen and oxygen atoms in total. The standard InChI is InChI=1S/CH2O3.Al.Zr/c2-1(3)4;;/h(H2,2,3,4);;/q;+3;+4/p-2. The fourth-order valence-electron chi connectivity index (χ4n) is 0. The van der Waals surface area contributed by atoms with Gasteiger partial charge in [0.1, 0.15) is 0 Å². The molecule has 0 aromatic carbocycles. The third kappa shape index (κ3) is 135. The number of hydrogen-bond donors (Lipinski definition) is 0. The summed E-state index contributed by atoms with van der Waals surface area (Å²) in [5, 5.41) is 16.7. The Bertz CT molecular complexity index is 33.8. The Morgan fingerprint density at radius 3 is 1.33 bits per heavy atom. The topological polar surface area (TPSA) is 63.2 Å². The molecule has 24 valence electrons. The van der Waals surface area contributed by atoms with E-state index in [4.69, 9.17) is 15.0 Å². The SMILES string of the molecule is O=C([O-])[O-].[Al+3].[Zr+4]. The Labute approximate surface area is 64.6 Å². The third-order valence-electron chi connectivity index (χ3n) is 0. The number of carboxylic acid groups (broad SMARTS) is 2. The molecule has 5 heteroatoms. The summed E-state index contributed by atoms with van der Waals surface area (Å²) in [5.41, 5.74) is 0. The van der Waals surface area contributed by atoms with Crippen LogP contribution in [0.25, 0.3) is 0 Å². The molecular weight excluding hydrogens is 178 g/mol. The van der Waals surface area contributed by atoms with Crippen LogP contribution in [0, 0.1) is 0 Å². The van der Waals surface area contributed by atoms with Crippen LogP contribution in [0.2, 0.25) is 0 Å². The summed E-state index contributed by atoms with van der Waals surface area (Å²) in [7, 11) is 0. The van der Waals surface area contributed by atoms with E-state index in [0.29, 0.717) is 0 Å². The van der Waals surface area contributed by atoms with Gasteiger partial charge < -0.3 is 15.0 Å². The summed E-state index contributed by atoms with van der Waals surface area (Å²) in [6.07, 6.45) is -2.33. The smallest absolute Gasteiger partial charge is 0.652 e. The summed E-state index contributed by atoms with van der Waals surface area (Å²) < 4.78 is 0. The average molecular weight is 178 g/mol. The van der Waals surface area contributed by atoms with Crippen molar-refractivity contribution in [3.8, 4) is 0 Å². The summed E-state index contributed by atoms with van der Waals surface area (Å²) >= 11 is 0. The van der Waals surface area contributed by atoms with Crippen LogP contribution in [-0.4, -0.2) is 23.5 Å². The molecule has 0 saturated carbocycles. The van der Waals surface area contributed by atoms with Crippen LogP contribution in [0.4, 0.5) is 4.79 Å². The zero-order valence-electron chi connectivity index (χ0n) is 2.80. The van der Waals surface area contributed by atoms with Gasteiger partial charge in [0.15, 0.2) is 0 Å². The van der Waals surface area contributed by atoms with Gasteiger partial charge in [-0.1, -0.05) is 0 Å². The third-order valence-corrected chi connectivity index (χ3v) is 0. The minimum Gasteiger partial charge on any atom is -0.652 e. The van der Waals surface area contributed by atoms with E-state index in [1.165, 1.54) is 0 Å². The van der Waals surface area contributed by atoms with Gasteiger partial charge in [0.05, 0.1) is 0 Å². The van der Waals surface area contributed by atoms with Gasteiger partial charge >= 0.3 is 43.6 Å². The molecule has 0 aromatic rings. The van der Waals surface area contributed by atoms with Crippen LogP contribution < -0.4 is 10.2 Å². The van der Waals surface area contributed by atoms with Gasteiger partial charge in [0.25, 0.3) is 0 Å². The van der Waals surface area contributed by atoms with E-state index >= 15 is 0 Å². The zero-order valence-corrected chi connectivity index (χ0v) is 6.41. The molecule has 0 atom stereocenters. The van der Waals surface area contributed by atoms with E-state index in [0.717, 1.165) is 0 Å². The summed E-state index contributed by atoms with van der Waals surface area (Å²) in [5.74, 6) is 0. The van der Waals surface area contributed by atoms with Gasteiger partial charge in [-0.2, -0.15) is 0 Å². The van der Waals surface area contributed by atoms with Crippen LogP contribution in [-0.2, 0) is 26.2 Å². The maximum absolute atomic E-state index is 8.33. The van der Waals surface area contributed by atoms with Crippen LogP contribution >= 0.6 is 0 Å². The number of carbonyl (C=O) groups is 1. The van der Waals surface area contributed by atoms with E-state index in [1.54, 1.807) is 0 Å². The van der Waals surface area contributed by atoms with E-state index < -0.39 is 6.16 Å². The van der Waals surface area contributed by atoms with Crippen LogP contribution in [0.3, 0.4) is 0 Å². The maximum atomic E-state index is 8.33. The first-order chi connectivity index (χ1) is 1.73. The summed E-state index contributed by atoms with van der Waals surface area (Å²) in [4.78, 5) is 8.33. The number of hydrogen-bond acceptors (Lipinski definition) is 3. The van der Waals surface area contributed by atoms with Crippen molar-refractivity contribution in [3.63, 3.8) is 0 Å². The second-order valence-corrected chi connectivity index (χ2v) is 0.250. The maximum Gasteiger partial charge on any atom is 4.00 e. The van der Waals surface area contributed by atoms with E-state index in [9.17, 15) is 0 Å². The Balaban J connectivity index is -0.0000000450. The molecule has 0 aliphatic heterocycles. The van der Waals surface area contributed by atoms with Crippen molar-refractivity contribution < 1.29 is 41.2 Å². The van der Waals surface area contributed by atoms with Crippen molar-refractivity contribution in [1.82, 2.24) is 0 Å². The molecule has 0 radical (unpaired) electrons. The molecule has 0 unspecified atom stereocenters. The zero-order chi connectivity index (χ0) is 3.58. The van der Waals surface area contributed by atoms with Crippen LogP contribution in [0.15, 0.2) is 0 Å². The van der Waals surface area contributed by atoms with E-state index in [-0.39, 0.29) is 43.6 Å². The first kappa shape index (κ1) is 15.9. The molecule has 0 aliphatic carbocycles. The van der Waals surface area contributed by atoms with Crippen LogP contribution in [0.5, 0.6) is 0 Å². The van der Waals surface area contributed by atoms with Crippen molar-refractivity contribution in [2.75, 3.05) is 0 Å². The molecule has 0 fully saturated rings. The largest absolute Gasteiger partial charge is 4.00 e. The molecular formula is CAlO3Zr+5. The molecule has 0 heterocycles. The van der Waals surface area contributed by atoms with Gasteiger partial charge in [-0.15, -0.1) is 0 Å². The fourth-order valence-corrected chi connectivity index (χ4v) is 0. The Kier molecular flexibility index (Phi) is 24.4. The Hall–Kier alpha value is 0.686. The summed E-state index contributed by atoms with van der Waals surface area (Å²) in [6, 6.07) is 0. The molecule has 0 saturated heterocycles. The normalized spacial score (nSPS) is 4.00. The van der Waals surface area contributed by atoms with Gasteiger partial charge in [-0.05, 0) is 6.16 Å². The molecule has 0 N–H and O–H groups in total. The second-order valence-electron chi connectivity index (χ2n) is 0.250. The van der Waals surface area contributed by atoms with Crippen molar-refractivity contribution >= 4 is 23.5 Å². The van der Waals surface area contributed by atoms with E-state index in [1.807, 2.05) is 0 Å². The van der Waals surface area contributed by atoms with Crippen LogP contribution in [0.1, 0.15) is 0 Å². The first-order valence-corrected chi connectivity index (χ1v) is 0.612. The van der Waals surface area contributed by atoms with Gasteiger partial charge in [-0.25, -0.2) is 0 Å². The first-order valence-electron chi connectivity index (χ1n) is 0.612. The summed E-state index contributed by atoms with van der Waals surface area (Å²) in [6.45, 7) is 0. The minimum atomic E-state index is -2.33. The Morgan fingerprint density at radius 2 is 1.33 bits per heavy atom. The minimum absolute atomic E-state index is 0. The number of carbonyl (C=O) groups excluding carboxylic acids is 1. The molecule has 0 rings (SSSR count). The van der Waals surface area contributed by atoms with Crippen molar-refractivity contribution in [1.29, 1.82) is 0 Å². The van der Waals surface area contributed by atoms with Gasteiger partial charge in [0, 0.05) is 0 Å².